The van der Waals surface area contributed by atoms with Gasteiger partial charge in [-0.3, -0.25) is 15.0 Å². The quantitative estimate of drug-likeness (QED) is 0.600. The predicted octanol–water partition coefficient (Wildman–Crippen LogP) is 4.30. The molecule has 24 heavy (non-hydrogen) atoms. The Labute approximate surface area is 138 Å². The van der Waals surface area contributed by atoms with Crippen molar-refractivity contribution in [3.8, 4) is 11.4 Å². The lowest BCUT2D eigenvalue weighted by molar-refractivity contribution is 1.26. The summed E-state index contributed by atoms with van der Waals surface area (Å²) in [4.78, 5) is 17.1. The highest BCUT2D eigenvalue weighted by atomic mass is 14.8. The Bertz CT molecular complexity index is 1060. The van der Waals surface area contributed by atoms with E-state index in [4.69, 9.17) is 4.99 Å². The minimum absolute atomic E-state index is 0.820. The third-order valence-corrected chi connectivity index (χ3v) is 4.33. The Hall–Kier alpha value is -3.27. The lowest BCUT2D eigenvalue weighted by Crippen LogP contribution is -2.02. The highest BCUT2D eigenvalue weighted by Crippen LogP contribution is 2.34. The van der Waals surface area contributed by atoms with Crippen LogP contribution in [0, 0.1) is 0 Å². The Morgan fingerprint density at radius 2 is 1.62 bits per heavy atom. The van der Waals surface area contributed by atoms with Gasteiger partial charge in [-0.25, -0.2) is 0 Å². The summed E-state index contributed by atoms with van der Waals surface area (Å²) in [6, 6.07) is 18.3. The van der Waals surface area contributed by atoms with Crippen LogP contribution in [0.3, 0.4) is 0 Å². The molecule has 0 spiro atoms. The molecule has 0 aliphatic carbocycles. The van der Waals surface area contributed by atoms with Crippen molar-refractivity contribution in [2.75, 3.05) is 0 Å². The number of fused-ring (bicyclic) bond motifs is 2. The molecule has 0 saturated carbocycles. The highest BCUT2D eigenvalue weighted by Gasteiger charge is 2.18. The van der Waals surface area contributed by atoms with Crippen molar-refractivity contribution in [1.29, 1.82) is 0 Å². The van der Waals surface area contributed by atoms with Gasteiger partial charge in [0.05, 0.1) is 28.5 Å². The summed E-state index contributed by atoms with van der Waals surface area (Å²) in [6.45, 7) is 0. The lowest BCUT2D eigenvalue weighted by Gasteiger charge is -1.98. The van der Waals surface area contributed by atoms with Crippen LogP contribution < -0.4 is 0 Å². The summed E-state index contributed by atoms with van der Waals surface area (Å²) in [5.41, 5.74) is 7.35. The first-order valence-electron chi connectivity index (χ1n) is 7.93. The van der Waals surface area contributed by atoms with Gasteiger partial charge in [0.15, 0.2) is 0 Å². The van der Waals surface area contributed by atoms with Crippen molar-refractivity contribution < 1.29 is 0 Å². The van der Waals surface area contributed by atoms with Crippen molar-refractivity contribution in [3.05, 3.63) is 78.2 Å². The molecular formula is C20H14N4. The van der Waals surface area contributed by atoms with E-state index in [1.54, 1.807) is 0 Å². The average molecular weight is 310 g/mol. The van der Waals surface area contributed by atoms with Crippen molar-refractivity contribution in [3.63, 3.8) is 0 Å². The number of nitrogens with one attached hydrogen (secondary N) is 1. The molecular weight excluding hydrogens is 296 g/mol. The van der Waals surface area contributed by atoms with Gasteiger partial charge in [-0.1, -0.05) is 12.1 Å². The smallest absolute Gasteiger partial charge is 0.0864 e. The number of aromatic amines is 1. The molecule has 1 N–H and O–H groups in total. The molecule has 4 heterocycles. The van der Waals surface area contributed by atoms with E-state index in [-0.39, 0.29) is 0 Å². The number of H-pyrrole nitrogens is 1. The number of hydrogen-bond acceptors (Lipinski definition) is 3. The fourth-order valence-electron chi connectivity index (χ4n) is 3.17. The van der Waals surface area contributed by atoms with E-state index >= 15 is 0 Å². The van der Waals surface area contributed by atoms with Crippen molar-refractivity contribution >= 4 is 22.3 Å². The van der Waals surface area contributed by atoms with Crippen LogP contribution in [0.5, 0.6) is 0 Å². The number of hydrogen-bond donors (Lipinski definition) is 1. The average Bonchev–Trinajstić information content (AvgIpc) is 3.24. The number of nitrogens with zero attached hydrogens (tertiary/aromatic N) is 3. The standard InChI is InChI=1S/C20H14N4/c1-3-7-21-15(5-1)19-11-13-9-18-14(10-17(13)23-19)12-20(24-18)16-6-2-4-8-22-16/h1-11,23H,12H2. The Kier molecular flexibility index (Phi) is 2.82. The topological polar surface area (TPSA) is 53.9 Å². The summed E-state index contributed by atoms with van der Waals surface area (Å²) in [5, 5.41) is 1.15. The zero-order valence-corrected chi connectivity index (χ0v) is 12.9. The van der Waals surface area contributed by atoms with Crippen molar-refractivity contribution in [1.82, 2.24) is 15.0 Å². The molecule has 4 heteroatoms. The molecule has 1 aromatic carbocycles. The van der Waals surface area contributed by atoms with Crippen LogP contribution >= 0.6 is 0 Å². The maximum atomic E-state index is 4.78. The second-order valence-electron chi connectivity index (χ2n) is 5.92. The maximum absolute atomic E-state index is 4.78. The zero-order valence-electron chi connectivity index (χ0n) is 12.9. The van der Waals surface area contributed by atoms with E-state index in [0.29, 0.717) is 0 Å². The van der Waals surface area contributed by atoms with Crippen LogP contribution in [-0.2, 0) is 6.42 Å². The molecule has 0 amide bonds. The Balaban J connectivity index is 1.58. The molecule has 114 valence electrons. The predicted molar refractivity (Wildman–Crippen MR) is 95.7 cm³/mol. The largest absolute Gasteiger partial charge is 0.353 e. The highest BCUT2D eigenvalue weighted by molar-refractivity contribution is 6.06. The summed E-state index contributed by atoms with van der Waals surface area (Å²) < 4.78 is 0. The first kappa shape index (κ1) is 13.2. The molecule has 3 aromatic heterocycles. The summed E-state index contributed by atoms with van der Waals surface area (Å²) in [6.07, 6.45) is 4.44. The minimum Gasteiger partial charge on any atom is -0.353 e. The van der Waals surface area contributed by atoms with Crippen LogP contribution in [0.1, 0.15) is 11.3 Å². The van der Waals surface area contributed by atoms with Crippen LogP contribution in [0.25, 0.3) is 22.3 Å². The number of aromatic nitrogens is 3. The van der Waals surface area contributed by atoms with Gasteiger partial charge < -0.3 is 4.98 Å². The van der Waals surface area contributed by atoms with E-state index in [2.05, 4.69) is 33.2 Å². The van der Waals surface area contributed by atoms with Crippen LogP contribution in [0.4, 0.5) is 5.69 Å². The normalized spacial score (nSPS) is 13.1. The van der Waals surface area contributed by atoms with Gasteiger partial charge in [0.1, 0.15) is 0 Å². The molecule has 0 atom stereocenters. The second kappa shape index (κ2) is 5.13. The molecule has 0 fully saturated rings. The van der Waals surface area contributed by atoms with Crippen LogP contribution in [-0.4, -0.2) is 20.7 Å². The molecule has 1 aliphatic rings. The van der Waals surface area contributed by atoms with Crippen LogP contribution in [0.2, 0.25) is 0 Å². The monoisotopic (exact) mass is 310 g/mol. The second-order valence-corrected chi connectivity index (χ2v) is 5.92. The van der Waals surface area contributed by atoms with E-state index in [1.165, 1.54) is 5.56 Å². The minimum atomic E-state index is 0.820. The van der Waals surface area contributed by atoms with E-state index < -0.39 is 0 Å². The van der Waals surface area contributed by atoms with Crippen molar-refractivity contribution in [2.24, 2.45) is 4.99 Å². The first-order valence-corrected chi connectivity index (χ1v) is 7.93. The van der Waals surface area contributed by atoms with Crippen molar-refractivity contribution in [2.45, 2.75) is 6.42 Å². The van der Waals surface area contributed by atoms with Gasteiger partial charge in [-0.15, -0.1) is 0 Å². The fourth-order valence-corrected chi connectivity index (χ4v) is 3.17. The molecule has 0 unspecified atom stereocenters. The SMILES string of the molecule is c1ccc(C2=Nc3cc4cc(-c5ccccn5)[nH]c4cc3C2)nc1. The van der Waals surface area contributed by atoms with Gasteiger partial charge in [0.25, 0.3) is 0 Å². The molecule has 1 aliphatic heterocycles. The molecule has 4 aromatic rings. The summed E-state index contributed by atoms with van der Waals surface area (Å²) >= 11 is 0. The molecule has 4 nitrogen and oxygen atoms in total. The third-order valence-electron chi connectivity index (χ3n) is 4.33. The van der Waals surface area contributed by atoms with E-state index in [1.807, 2.05) is 48.8 Å². The number of aliphatic imine (C=N–C) groups is 1. The van der Waals surface area contributed by atoms with Gasteiger partial charge >= 0.3 is 0 Å². The zero-order chi connectivity index (χ0) is 15.9. The first-order chi connectivity index (χ1) is 11.9. The molecule has 5 rings (SSSR count). The molecule has 0 radical (unpaired) electrons. The van der Waals surface area contributed by atoms with Crippen LogP contribution in [0.15, 0.2) is 72.0 Å². The fraction of sp³-hybridized carbons (Fsp3) is 0.0500. The van der Waals surface area contributed by atoms with E-state index in [0.717, 1.165) is 45.8 Å². The number of benzene rings is 1. The number of rotatable bonds is 2. The summed E-state index contributed by atoms with van der Waals surface area (Å²) in [7, 11) is 0. The third kappa shape index (κ3) is 2.12. The molecule has 0 bridgehead atoms. The maximum Gasteiger partial charge on any atom is 0.0864 e. The Morgan fingerprint density at radius 1 is 0.833 bits per heavy atom. The van der Waals surface area contributed by atoms with Gasteiger partial charge in [0.2, 0.25) is 0 Å². The van der Waals surface area contributed by atoms with Gasteiger partial charge in [-0.2, -0.15) is 0 Å². The number of pyridine rings is 2. The van der Waals surface area contributed by atoms with E-state index in [9.17, 15) is 0 Å². The Morgan fingerprint density at radius 3 is 2.38 bits per heavy atom. The van der Waals surface area contributed by atoms with Gasteiger partial charge in [-0.05, 0) is 48.0 Å². The summed E-state index contributed by atoms with van der Waals surface area (Å²) in [5.74, 6) is 0. The lowest BCUT2D eigenvalue weighted by atomic mass is 10.1. The van der Waals surface area contributed by atoms with Gasteiger partial charge in [0, 0.05) is 29.7 Å². The molecule has 0 saturated heterocycles.